The van der Waals surface area contributed by atoms with E-state index in [4.69, 9.17) is 14.2 Å². The maximum Gasteiger partial charge on any atom is 0.306 e. The first-order chi connectivity index (χ1) is 37.5. The fourth-order valence-corrected chi connectivity index (χ4v) is 9.01. The molecule has 0 bridgehead atoms. The van der Waals surface area contributed by atoms with Gasteiger partial charge >= 0.3 is 17.9 Å². The highest BCUT2D eigenvalue weighted by Gasteiger charge is 2.19. The van der Waals surface area contributed by atoms with Gasteiger partial charge in [-0.3, -0.25) is 14.4 Å². The highest BCUT2D eigenvalue weighted by atomic mass is 16.6. The van der Waals surface area contributed by atoms with Crippen molar-refractivity contribution in [1.82, 2.24) is 0 Å². The standard InChI is InChI=1S/C70H120O6/c1-4-7-10-13-16-19-21-23-25-27-29-30-31-32-33-34-35-36-37-38-39-40-41-43-44-46-48-51-54-57-60-63-69(72)75-66-67(65-74-68(71)62-59-56-53-50-18-15-12-9-6-3)76-70(73)64-61-58-55-52-49-47-45-42-28-26-24-22-20-17-14-11-8-5-2/h7,10,16,19,23,25-26,28-30,32-33,35-36,38-39,67H,4-6,8-9,11-15,17-18,20-22,24,27,31,34,37,40-66H2,1-3H3/b10-7-,19-16-,25-23-,28-26-,30-29-,33-32-,36-35-,39-38-. The summed E-state index contributed by atoms with van der Waals surface area (Å²) in [6, 6.07) is 0. The largest absolute Gasteiger partial charge is 0.462 e. The maximum absolute atomic E-state index is 12.9. The summed E-state index contributed by atoms with van der Waals surface area (Å²) >= 11 is 0. The molecule has 6 heteroatoms. The van der Waals surface area contributed by atoms with Crippen molar-refractivity contribution in [3.05, 3.63) is 97.2 Å². The third kappa shape index (κ3) is 61.2. The average Bonchev–Trinajstić information content (AvgIpc) is 3.42. The summed E-state index contributed by atoms with van der Waals surface area (Å²) in [5, 5.41) is 0. The Kier molecular flexibility index (Phi) is 60.8. The highest BCUT2D eigenvalue weighted by molar-refractivity contribution is 5.71. The molecule has 0 spiro atoms. The zero-order valence-electron chi connectivity index (χ0n) is 50.0. The first-order valence-electron chi connectivity index (χ1n) is 32.2. The number of unbranched alkanes of at least 4 members (excludes halogenated alkanes) is 31. The Morgan fingerprint density at radius 2 is 0.513 bits per heavy atom. The Balaban J connectivity index is 4.20. The van der Waals surface area contributed by atoms with Gasteiger partial charge in [-0.2, -0.15) is 0 Å². The first kappa shape index (κ1) is 72.3. The van der Waals surface area contributed by atoms with Gasteiger partial charge in [0, 0.05) is 19.3 Å². The number of hydrogen-bond acceptors (Lipinski definition) is 6. The molecule has 1 unspecified atom stereocenters. The normalized spacial score (nSPS) is 12.7. The number of esters is 3. The van der Waals surface area contributed by atoms with E-state index in [-0.39, 0.29) is 31.1 Å². The SMILES string of the molecule is CC/C=C\C/C=C\C/C=C\C/C=C\C/C=C\C/C=C\C/C=C\CCCCCCCCCCCC(=O)OCC(COC(=O)CCCCCCCCCCC)OC(=O)CCCCCCCCC/C=C\CCCCCCCCC. The van der Waals surface area contributed by atoms with Crippen LogP contribution in [0, 0.1) is 0 Å². The van der Waals surface area contributed by atoms with Crippen LogP contribution < -0.4 is 0 Å². The fraction of sp³-hybridized carbons (Fsp3) is 0.729. The van der Waals surface area contributed by atoms with E-state index in [1.807, 2.05) is 0 Å². The number of rotatable bonds is 58. The van der Waals surface area contributed by atoms with Gasteiger partial charge in [0.15, 0.2) is 6.10 Å². The second-order valence-corrected chi connectivity index (χ2v) is 21.3. The molecule has 76 heavy (non-hydrogen) atoms. The number of carbonyl (C=O) groups is 3. The van der Waals surface area contributed by atoms with Crippen molar-refractivity contribution < 1.29 is 28.6 Å². The molecule has 0 N–H and O–H groups in total. The quantitative estimate of drug-likeness (QED) is 0.0261. The molecule has 0 aromatic heterocycles. The number of ether oxygens (including phenoxy) is 3. The summed E-state index contributed by atoms with van der Waals surface area (Å²) in [5.41, 5.74) is 0. The topological polar surface area (TPSA) is 78.9 Å². The second kappa shape index (κ2) is 63.9. The third-order valence-corrected chi connectivity index (χ3v) is 13.8. The number of carbonyl (C=O) groups excluding carboxylic acids is 3. The molecule has 0 fully saturated rings. The van der Waals surface area contributed by atoms with Crippen molar-refractivity contribution in [1.29, 1.82) is 0 Å². The van der Waals surface area contributed by atoms with Crippen molar-refractivity contribution in [2.75, 3.05) is 13.2 Å². The summed E-state index contributed by atoms with van der Waals surface area (Å²) in [6.07, 6.45) is 85.7. The Hall–Kier alpha value is -3.67. The van der Waals surface area contributed by atoms with Crippen LogP contribution in [-0.2, 0) is 28.6 Å². The van der Waals surface area contributed by atoms with E-state index < -0.39 is 6.10 Å². The zero-order valence-corrected chi connectivity index (χ0v) is 50.0. The minimum atomic E-state index is -0.780. The molecule has 0 aromatic rings. The molecule has 1 atom stereocenters. The van der Waals surface area contributed by atoms with E-state index in [1.54, 1.807) is 0 Å². The van der Waals surface area contributed by atoms with Gasteiger partial charge in [-0.25, -0.2) is 0 Å². The summed E-state index contributed by atoms with van der Waals surface area (Å²) in [7, 11) is 0. The van der Waals surface area contributed by atoms with Gasteiger partial charge in [0.05, 0.1) is 0 Å². The predicted octanol–water partition coefficient (Wildman–Crippen LogP) is 22.0. The zero-order chi connectivity index (χ0) is 55.0. The molecule has 0 heterocycles. The predicted molar refractivity (Wildman–Crippen MR) is 330 cm³/mol. The van der Waals surface area contributed by atoms with Crippen LogP contribution in [0.3, 0.4) is 0 Å². The average molecular weight is 1060 g/mol. The van der Waals surface area contributed by atoms with Crippen LogP contribution in [0.15, 0.2) is 97.2 Å². The molecule has 0 aromatic carbocycles. The van der Waals surface area contributed by atoms with E-state index in [9.17, 15) is 14.4 Å². The van der Waals surface area contributed by atoms with E-state index in [0.29, 0.717) is 19.3 Å². The van der Waals surface area contributed by atoms with Gasteiger partial charge in [-0.1, -0.05) is 285 Å². The Bertz CT molecular complexity index is 1490. The summed E-state index contributed by atoms with van der Waals surface area (Å²) < 4.78 is 16.9. The Morgan fingerprint density at radius 3 is 0.816 bits per heavy atom. The molecule has 0 saturated carbocycles. The van der Waals surface area contributed by atoms with Crippen LogP contribution in [0.1, 0.15) is 310 Å². The number of allylic oxidation sites excluding steroid dienone is 16. The molecule has 0 radical (unpaired) electrons. The van der Waals surface area contributed by atoms with Crippen molar-refractivity contribution in [2.45, 2.75) is 316 Å². The van der Waals surface area contributed by atoms with E-state index >= 15 is 0 Å². The fourth-order valence-electron chi connectivity index (χ4n) is 9.01. The Morgan fingerprint density at radius 1 is 0.276 bits per heavy atom. The summed E-state index contributed by atoms with van der Waals surface area (Å²) in [5.74, 6) is -0.882. The van der Waals surface area contributed by atoms with Gasteiger partial charge in [-0.05, 0) is 103 Å². The van der Waals surface area contributed by atoms with Crippen LogP contribution >= 0.6 is 0 Å². The van der Waals surface area contributed by atoms with Crippen LogP contribution in [0.4, 0.5) is 0 Å². The van der Waals surface area contributed by atoms with Crippen LogP contribution in [0.25, 0.3) is 0 Å². The third-order valence-electron chi connectivity index (χ3n) is 13.8. The summed E-state index contributed by atoms with van der Waals surface area (Å²) in [6.45, 7) is 6.52. The van der Waals surface area contributed by atoms with Gasteiger partial charge in [0.25, 0.3) is 0 Å². The van der Waals surface area contributed by atoms with Crippen molar-refractivity contribution >= 4 is 17.9 Å². The Labute approximate surface area is 470 Å². The van der Waals surface area contributed by atoms with E-state index in [1.165, 1.54) is 161 Å². The van der Waals surface area contributed by atoms with E-state index in [0.717, 1.165) is 109 Å². The van der Waals surface area contributed by atoms with Gasteiger partial charge in [-0.15, -0.1) is 0 Å². The molecular formula is C70H120O6. The maximum atomic E-state index is 12.9. The van der Waals surface area contributed by atoms with E-state index in [2.05, 4.69) is 118 Å². The minimum Gasteiger partial charge on any atom is -0.462 e. The molecule has 0 aliphatic heterocycles. The van der Waals surface area contributed by atoms with Crippen molar-refractivity contribution in [2.24, 2.45) is 0 Å². The monoisotopic (exact) mass is 1060 g/mol. The second-order valence-electron chi connectivity index (χ2n) is 21.3. The smallest absolute Gasteiger partial charge is 0.306 e. The lowest BCUT2D eigenvalue weighted by Gasteiger charge is -2.18. The van der Waals surface area contributed by atoms with Crippen molar-refractivity contribution in [3.8, 4) is 0 Å². The first-order valence-corrected chi connectivity index (χ1v) is 32.2. The van der Waals surface area contributed by atoms with Crippen LogP contribution in [0.5, 0.6) is 0 Å². The molecular weight excluding hydrogens is 937 g/mol. The van der Waals surface area contributed by atoms with Gasteiger partial charge < -0.3 is 14.2 Å². The molecule has 0 saturated heterocycles. The highest BCUT2D eigenvalue weighted by Crippen LogP contribution is 2.16. The molecule has 6 nitrogen and oxygen atoms in total. The summed E-state index contributed by atoms with van der Waals surface area (Å²) in [4.78, 5) is 38.2. The lowest BCUT2D eigenvalue weighted by molar-refractivity contribution is -0.167. The molecule has 0 rings (SSSR count). The molecule has 0 aliphatic rings. The van der Waals surface area contributed by atoms with Crippen LogP contribution in [0.2, 0.25) is 0 Å². The molecule has 0 amide bonds. The van der Waals surface area contributed by atoms with Crippen LogP contribution in [-0.4, -0.2) is 37.2 Å². The molecule has 0 aliphatic carbocycles. The van der Waals surface area contributed by atoms with Gasteiger partial charge in [0.2, 0.25) is 0 Å². The minimum absolute atomic E-state index is 0.0780. The van der Waals surface area contributed by atoms with Crippen molar-refractivity contribution in [3.63, 3.8) is 0 Å². The number of hydrogen-bond donors (Lipinski definition) is 0. The lowest BCUT2D eigenvalue weighted by atomic mass is 10.1. The van der Waals surface area contributed by atoms with Gasteiger partial charge in [0.1, 0.15) is 13.2 Å². The lowest BCUT2D eigenvalue weighted by Crippen LogP contribution is -2.30. The molecule has 436 valence electrons.